The molecular weight excluding hydrogens is 415 g/mol. The second-order valence-corrected chi connectivity index (χ2v) is 9.24. The summed E-state index contributed by atoms with van der Waals surface area (Å²) in [6, 6.07) is 8.27. The maximum absolute atomic E-state index is 13.2. The molecule has 1 aliphatic heterocycles. The van der Waals surface area contributed by atoms with Crippen LogP contribution < -0.4 is 10.6 Å². The molecule has 0 saturated carbocycles. The van der Waals surface area contributed by atoms with Gasteiger partial charge >= 0.3 is 5.69 Å². The number of β-amino-alcohol motifs (C(OH)–C–C–N with tert-alkyl or cyclic N) is 1. The van der Waals surface area contributed by atoms with Crippen molar-refractivity contribution in [2.75, 3.05) is 18.0 Å². The molecule has 3 heterocycles. The summed E-state index contributed by atoms with van der Waals surface area (Å²) in [5, 5.41) is 10.6. The summed E-state index contributed by atoms with van der Waals surface area (Å²) >= 11 is 1.78. The van der Waals surface area contributed by atoms with Crippen LogP contribution >= 0.6 is 11.3 Å². The Bertz CT molecular complexity index is 1160. The van der Waals surface area contributed by atoms with Gasteiger partial charge in [-0.25, -0.2) is 14.2 Å². The minimum atomic E-state index is -0.775. The van der Waals surface area contributed by atoms with E-state index in [9.17, 15) is 14.3 Å². The fourth-order valence-corrected chi connectivity index (χ4v) is 5.51. The van der Waals surface area contributed by atoms with Gasteiger partial charge < -0.3 is 10.0 Å². The zero-order valence-corrected chi connectivity index (χ0v) is 17.8. The molecule has 6 nitrogen and oxygen atoms in total. The van der Waals surface area contributed by atoms with Crippen molar-refractivity contribution >= 4 is 22.9 Å². The topological polar surface area (TPSA) is 71.2 Å². The molecule has 0 spiro atoms. The molecule has 160 valence electrons. The van der Waals surface area contributed by atoms with Crippen molar-refractivity contribution < 1.29 is 9.50 Å². The summed E-state index contributed by atoms with van der Waals surface area (Å²) in [7, 11) is 0. The number of hydrogen-bond donors (Lipinski definition) is 1. The van der Waals surface area contributed by atoms with Gasteiger partial charge in [0, 0.05) is 16.3 Å². The number of nitrogens with zero attached hydrogens (tertiary/aromatic N) is 4. The number of aryl methyl sites for hydroxylation is 2. The average molecular weight is 439 g/mol. The molecule has 3 aromatic rings. The largest absolute Gasteiger partial charge is 0.387 e. The Balaban J connectivity index is 1.31. The highest BCUT2D eigenvalue weighted by atomic mass is 32.1. The van der Waals surface area contributed by atoms with Crippen molar-refractivity contribution in [3.05, 3.63) is 79.9 Å². The molecule has 1 aliphatic carbocycles. The molecule has 1 atom stereocenters. The standard InChI is InChI=1S/C23H23FN4O2S/c24-17-7-5-15(6-8-17)19-9-10-27(13-20(19)29)22-25-14-28(23(30)26-22)12-18-11-16-3-1-2-4-21(16)31-18/h5-9,11,14,20,29H,1-4,10,12-13H2/t20-/m0/s1. The van der Waals surface area contributed by atoms with Crippen molar-refractivity contribution in [2.45, 2.75) is 38.3 Å². The Morgan fingerprint density at radius 2 is 2.00 bits per heavy atom. The van der Waals surface area contributed by atoms with E-state index in [0.29, 0.717) is 19.0 Å². The Morgan fingerprint density at radius 3 is 2.74 bits per heavy atom. The van der Waals surface area contributed by atoms with Crippen molar-refractivity contribution in [1.29, 1.82) is 0 Å². The first-order chi connectivity index (χ1) is 15.1. The highest BCUT2D eigenvalue weighted by Crippen LogP contribution is 2.30. The van der Waals surface area contributed by atoms with E-state index in [1.165, 1.54) is 46.3 Å². The monoisotopic (exact) mass is 438 g/mol. The van der Waals surface area contributed by atoms with Gasteiger partial charge in [0.1, 0.15) is 12.1 Å². The van der Waals surface area contributed by atoms with Gasteiger partial charge in [0.15, 0.2) is 0 Å². The molecule has 2 aromatic heterocycles. The number of halogens is 1. The number of aliphatic hydroxyl groups excluding tert-OH is 1. The lowest BCUT2D eigenvalue weighted by atomic mass is 9.97. The quantitative estimate of drug-likeness (QED) is 0.678. The Hall–Kier alpha value is -2.84. The van der Waals surface area contributed by atoms with Gasteiger partial charge in [-0.05, 0) is 60.6 Å². The van der Waals surface area contributed by atoms with E-state index in [4.69, 9.17) is 0 Å². The fourth-order valence-electron chi connectivity index (χ4n) is 4.25. The number of aliphatic hydroxyl groups is 1. The lowest BCUT2D eigenvalue weighted by Gasteiger charge is -2.30. The third-order valence-corrected chi connectivity index (χ3v) is 7.09. The van der Waals surface area contributed by atoms with Crippen molar-refractivity contribution in [3.8, 4) is 0 Å². The molecule has 5 rings (SSSR count). The minimum absolute atomic E-state index is 0.268. The molecular formula is C23H23FN4O2S. The number of rotatable bonds is 4. The van der Waals surface area contributed by atoms with Gasteiger partial charge in [-0.3, -0.25) is 4.57 Å². The lowest BCUT2D eigenvalue weighted by molar-refractivity contribution is 0.233. The maximum Gasteiger partial charge on any atom is 0.352 e. The van der Waals surface area contributed by atoms with Crippen LogP contribution in [0.4, 0.5) is 10.3 Å². The smallest absolute Gasteiger partial charge is 0.352 e. The average Bonchev–Trinajstić information content (AvgIpc) is 3.18. The molecule has 0 bridgehead atoms. The van der Waals surface area contributed by atoms with Gasteiger partial charge in [0.05, 0.1) is 19.2 Å². The highest BCUT2D eigenvalue weighted by Gasteiger charge is 2.24. The molecule has 0 unspecified atom stereocenters. The second kappa shape index (κ2) is 8.36. The normalized spacial score (nSPS) is 18.6. The van der Waals surface area contributed by atoms with Crippen LogP contribution in [0.2, 0.25) is 0 Å². The third kappa shape index (κ3) is 4.18. The van der Waals surface area contributed by atoms with E-state index < -0.39 is 6.10 Å². The van der Waals surface area contributed by atoms with E-state index in [0.717, 1.165) is 28.9 Å². The Morgan fingerprint density at radius 1 is 1.19 bits per heavy atom. The van der Waals surface area contributed by atoms with Gasteiger partial charge in [0.25, 0.3) is 0 Å². The van der Waals surface area contributed by atoms with Gasteiger partial charge in [-0.15, -0.1) is 11.3 Å². The summed E-state index contributed by atoms with van der Waals surface area (Å²) in [6.45, 7) is 1.21. The predicted molar refractivity (Wildman–Crippen MR) is 119 cm³/mol. The molecule has 2 aliphatic rings. The predicted octanol–water partition coefficient (Wildman–Crippen LogP) is 3.03. The minimum Gasteiger partial charge on any atom is -0.387 e. The van der Waals surface area contributed by atoms with E-state index in [-0.39, 0.29) is 18.1 Å². The number of fused-ring (bicyclic) bond motifs is 1. The summed E-state index contributed by atoms with van der Waals surface area (Å²) in [6.07, 6.45) is 7.36. The first-order valence-corrected chi connectivity index (χ1v) is 11.3. The molecule has 31 heavy (non-hydrogen) atoms. The zero-order valence-electron chi connectivity index (χ0n) is 17.0. The van der Waals surface area contributed by atoms with E-state index in [2.05, 4.69) is 16.0 Å². The molecule has 8 heteroatoms. The SMILES string of the molecule is O=c1nc(N2CC=C(c3ccc(F)cc3)[C@@H](O)C2)ncn1Cc1cc2c(s1)CCCC2. The highest BCUT2D eigenvalue weighted by molar-refractivity contribution is 7.12. The summed E-state index contributed by atoms with van der Waals surface area (Å²) in [4.78, 5) is 25.5. The van der Waals surface area contributed by atoms with Crippen LogP contribution in [0.1, 0.15) is 33.7 Å². The lowest BCUT2D eigenvalue weighted by Crippen LogP contribution is -2.40. The number of thiophene rings is 1. The number of hydrogen-bond acceptors (Lipinski definition) is 6. The molecule has 0 amide bonds. The van der Waals surface area contributed by atoms with Crippen LogP contribution in [0.3, 0.4) is 0 Å². The Kier molecular flexibility index (Phi) is 5.41. The van der Waals surface area contributed by atoms with Crippen LogP contribution in [0, 0.1) is 5.82 Å². The maximum atomic E-state index is 13.2. The van der Waals surface area contributed by atoms with Crippen molar-refractivity contribution in [1.82, 2.24) is 14.5 Å². The third-order valence-electron chi connectivity index (χ3n) is 5.87. The van der Waals surface area contributed by atoms with Gasteiger partial charge in [-0.1, -0.05) is 18.2 Å². The number of aromatic nitrogens is 3. The van der Waals surface area contributed by atoms with E-state index in [1.54, 1.807) is 28.4 Å². The molecule has 0 fully saturated rings. The first-order valence-electron chi connectivity index (χ1n) is 10.5. The second-order valence-electron chi connectivity index (χ2n) is 8.02. The zero-order chi connectivity index (χ0) is 21.4. The van der Waals surface area contributed by atoms with Crippen LogP contribution in [0.15, 0.2) is 47.5 Å². The fraction of sp³-hybridized carbons (Fsp3) is 0.348. The van der Waals surface area contributed by atoms with Crippen LogP contribution in [0.5, 0.6) is 0 Å². The summed E-state index contributed by atoms with van der Waals surface area (Å²) < 4.78 is 14.7. The van der Waals surface area contributed by atoms with Crippen molar-refractivity contribution in [3.63, 3.8) is 0 Å². The summed E-state index contributed by atoms with van der Waals surface area (Å²) in [5.74, 6) is -0.00635. The van der Waals surface area contributed by atoms with Crippen molar-refractivity contribution in [2.24, 2.45) is 0 Å². The molecule has 0 saturated heterocycles. The van der Waals surface area contributed by atoms with E-state index in [1.807, 2.05) is 6.08 Å². The summed E-state index contributed by atoms with van der Waals surface area (Å²) in [5.41, 5.74) is 2.59. The van der Waals surface area contributed by atoms with Crippen LogP contribution in [0.25, 0.3) is 5.57 Å². The van der Waals surface area contributed by atoms with Crippen LogP contribution in [-0.4, -0.2) is 38.8 Å². The van der Waals surface area contributed by atoms with E-state index >= 15 is 0 Å². The molecule has 1 aromatic carbocycles. The van der Waals surface area contributed by atoms with Gasteiger partial charge in [-0.2, -0.15) is 4.98 Å². The first kappa shape index (κ1) is 20.1. The number of anilines is 1. The molecule has 0 radical (unpaired) electrons. The molecule has 1 N–H and O–H groups in total. The van der Waals surface area contributed by atoms with Gasteiger partial charge in [0.2, 0.25) is 5.95 Å². The van der Waals surface area contributed by atoms with Crippen LogP contribution in [-0.2, 0) is 19.4 Å². The number of benzene rings is 1. The Labute approximate surface area is 183 Å².